The number of hydrogen-bond donors (Lipinski definition) is 1. The van der Waals surface area contributed by atoms with Crippen LogP contribution < -0.4 is 0 Å². The first-order chi connectivity index (χ1) is 6.84. The quantitative estimate of drug-likeness (QED) is 0.813. The molecular formula is C11H14O2S. The first-order valence-corrected chi connectivity index (χ1v) is 5.76. The van der Waals surface area contributed by atoms with Crippen molar-refractivity contribution in [3.63, 3.8) is 0 Å². The van der Waals surface area contributed by atoms with E-state index in [-0.39, 0.29) is 0 Å². The second kappa shape index (κ2) is 4.71. The van der Waals surface area contributed by atoms with E-state index in [2.05, 4.69) is 0 Å². The van der Waals surface area contributed by atoms with Crippen LogP contribution in [0.5, 0.6) is 5.75 Å². The Hall–Kier alpha value is -0.670. The Kier molecular flexibility index (Phi) is 3.32. The molecule has 3 heteroatoms. The van der Waals surface area contributed by atoms with Crippen molar-refractivity contribution >= 4 is 11.8 Å². The molecule has 1 aromatic rings. The van der Waals surface area contributed by atoms with E-state index in [1.165, 1.54) is 0 Å². The predicted molar refractivity (Wildman–Crippen MR) is 57.8 cm³/mol. The summed E-state index contributed by atoms with van der Waals surface area (Å²) in [5.41, 5.74) is 0. The van der Waals surface area contributed by atoms with Crippen molar-refractivity contribution < 1.29 is 9.84 Å². The molecule has 1 N–H and O–H groups in total. The minimum atomic E-state index is 0.349. The molecule has 14 heavy (non-hydrogen) atoms. The van der Waals surface area contributed by atoms with E-state index in [1.807, 2.05) is 30.0 Å². The fourth-order valence-electron chi connectivity index (χ4n) is 1.54. The van der Waals surface area contributed by atoms with Crippen molar-refractivity contribution in [3.05, 3.63) is 24.3 Å². The Bertz CT molecular complexity index is 295. The number of ether oxygens (including phenoxy) is 1. The maximum absolute atomic E-state index is 9.30. The second-order valence-corrected chi connectivity index (χ2v) is 4.80. The van der Waals surface area contributed by atoms with Crippen molar-refractivity contribution in [1.29, 1.82) is 0 Å². The van der Waals surface area contributed by atoms with Crippen LogP contribution in [0.4, 0.5) is 0 Å². The largest absolute Gasteiger partial charge is 0.508 e. The van der Waals surface area contributed by atoms with Crippen LogP contribution in [0, 0.1) is 0 Å². The molecule has 2 rings (SSSR count). The molecule has 0 saturated carbocycles. The Morgan fingerprint density at radius 1 is 1.29 bits per heavy atom. The summed E-state index contributed by atoms with van der Waals surface area (Å²) in [5.74, 6) is 0.349. The highest BCUT2D eigenvalue weighted by Crippen LogP contribution is 2.31. The van der Waals surface area contributed by atoms with Crippen LogP contribution in [0.1, 0.15) is 12.8 Å². The second-order valence-electron chi connectivity index (χ2n) is 3.43. The van der Waals surface area contributed by atoms with E-state index in [0.29, 0.717) is 11.0 Å². The first kappa shape index (κ1) is 9.87. The van der Waals surface area contributed by atoms with E-state index >= 15 is 0 Å². The van der Waals surface area contributed by atoms with Crippen LogP contribution in [0.2, 0.25) is 0 Å². The van der Waals surface area contributed by atoms with Crippen LogP contribution in [0.25, 0.3) is 0 Å². The van der Waals surface area contributed by atoms with Crippen molar-refractivity contribution in [1.82, 2.24) is 0 Å². The van der Waals surface area contributed by atoms with Crippen LogP contribution in [0.3, 0.4) is 0 Å². The summed E-state index contributed by atoms with van der Waals surface area (Å²) in [6, 6.07) is 7.45. The number of phenols is 1. The lowest BCUT2D eigenvalue weighted by Gasteiger charge is -2.21. The van der Waals surface area contributed by atoms with Gasteiger partial charge in [0.1, 0.15) is 5.75 Å². The molecule has 0 radical (unpaired) electrons. The maximum Gasteiger partial charge on any atom is 0.116 e. The third kappa shape index (κ3) is 2.66. The molecule has 0 aliphatic carbocycles. The fourth-order valence-corrected chi connectivity index (χ4v) is 2.70. The molecule has 0 amide bonds. The average molecular weight is 210 g/mol. The smallest absolute Gasteiger partial charge is 0.116 e. The molecule has 0 atom stereocenters. The van der Waals surface area contributed by atoms with Gasteiger partial charge in [0, 0.05) is 23.4 Å². The highest BCUT2D eigenvalue weighted by atomic mass is 32.2. The van der Waals surface area contributed by atoms with Gasteiger partial charge in [0.05, 0.1) is 0 Å². The van der Waals surface area contributed by atoms with Crippen molar-refractivity contribution in [2.24, 2.45) is 0 Å². The molecular weight excluding hydrogens is 196 g/mol. The van der Waals surface area contributed by atoms with E-state index in [4.69, 9.17) is 4.74 Å². The van der Waals surface area contributed by atoms with Crippen LogP contribution in [-0.4, -0.2) is 23.6 Å². The van der Waals surface area contributed by atoms with Gasteiger partial charge in [-0.2, -0.15) is 0 Å². The Labute approximate surface area is 88.3 Å². The van der Waals surface area contributed by atoms with Crippen LogP contribution >= 0.6 is 11.8 Å². The van der Waals surface area contributed by atoms with Gasteiger partial charge in [0.15, 0.2) is 0 Å². The number of rotatable bonds is 2. The van der Waals surface area contributed by atoms with E-state index in [9.17, 15) is 5.11 Å². The average Bonchev–Trinajstić information content (AvgIpc) is 2.19. The standard InChI is InChI=1S/C11H14O2S/c12-9-2-1-3-11(8-9)14-10-4-6-13-7-5-10/h1-3,8,10,12H,4-7H2. The van der Waals surface area contributed by atoms with Gasteiger partial charge in [-0.1, -0.05) is 6.07 Å². The number of aromatic hydroxyl groups is 1. The molecule has 1 heterocycles. The Balaban J connectivity index is 1.95. The lowest BCUT2D eigenvalue weighted by Crippen LogP contribution is -2.17. The summed E-state index contributed by atoms with van der Waals surface area (Å²) < 4.78 is 5.30. The third-order valence-corrected chi connectivity index (χ3v) is 3.62. The molecule has 1 aliphatic heterocycles. The van der Waals surface area contributed by atoms with Gasteiger partial charge in [-0.3, -0.25) is 0 Å². The summed E-state index contributed by atoms with van der Waals surface area (Å²) in [5, 5.41) is 9.95. The fraction of sp³-hybridized carbons (Fsp3) is 0.455. The zero-order chi connectivity index (χ0) is 9.80. The number of benzene rings is 1. The topological polar surface area (TPSA) is 29.5 Å². The van der Waals surface area contributed by atoms with Gasteiger partial charge < -0.3 is 9.84 Å². The molecule has 1 aromatic carbocycles. The van der Waals surface area contributed by atoms with E-state index in [1.54, 1.807) is 6.07 Å². The lowest BCUT2D eigenvalue weighted by atomic mass is 10.2. The van der Waals surface area contributed by atoms with Crippen molar-refractivity contribution in [2.45, 2.75) is 23.0 Å². The summed E-state index contributed by atoms with van der Waals surface area (Å²) in [6.45, 7) is 1.74. The van der Waals surface area contributed by atoms with Gasteiger partial charge in [0.25, 0.3) is 0 Å². The molecule has 0 unspecified atom stereocenters. The van der Waals surface area contributed by atoms with Gasteiger partial charge in [-0.15, -0.1) is 11.8 Å². The molecule has 76 valence electrons. The maximum atomic E-state index is 9.30. The highest BCUT2D eigenvalue weighted by Gasteiger charge is 2.14. The van der Waals surface area contributed by atoms with Gasteiger partial charge >= 0.3 is 0 Å². The van der Waals surface area contributed by atoms with Crippen LogP contribution in [-0.2, 0) is 4.74 Å². The van der Waals surface area contributed by atoms with E-state index < -0.39 is 0 Å². The third-order valence-electron chi connectivity index (χ3n) is 2.29. The Morgan fingerprint density at radius 3 is 2.79 bits per heavy atom. The first-order valence-electron chi connectivity index (χ1n) is 4.88. The molecule has 0 spiro atoms. The van der Waals surface area contributed by atoms with Crippen LogP contribution in [0.15, 0.2) is 29.2 Å². The summed E-state index contributed by atoms with van der Waals surface area (Å²) in [4.78, 5) is 1.15. The van der Waals surface area contributed by atoms with Crippen molar-refractivity contribution in [2.75, 3.05) is 13.2 Å². The summed E-state index contributed by atoms with van der Waals surface area (Å²) in [6.07, 6.45) is 2.22. The molecule has 1 aliphatic rings. The minimum absolute atomic E-state index is 0.349. The van der Waals surface area contributed by atoms with Gasteiger partial charge in [-0.25, -0.2) is 0 Å². The molecule has 1 saturated heterocycles. The minimum Gasteiger partial charge on any atom is -0.508 e. The summed E-state index contributed by atoms with van der Waals surface area (Å²) >= 11 is 1.84. The monoisotopic (exact) mass is 210 g/mol. The highest BCUT2D eigenvalue weighted by molar-refractivity contribution is 8.00. The Morgan fingerprint density at radius 2 is 2.07 bits per heavy atom. The lowest BCUT2D eigenvalue weighted by molar-refractivity contribution is 0.100. The molecule has 1 fully saturated rings. The SMILES string of the molecule is Oc1cccc(SC2CCOCC2)c1. The predicted octanol–water partition coefficient (Wildman–Crippen LogP) is 2.66. The number of thioether (sulfide) groups is 1. The summed E-state index contributed by atoms with van der Waals surface area (Å²) in [7, 11) is 0. The molecule has 2 nitrogen and oxygen atoms in total. The zero-order valence-corrected chi connectivity index (χ0v) is 8.80. The van der Waals surface area contributed by atoms with Gasteiger partial charge in [0.2, 0.25) is 0 Å². The number of phenolic OH excluding ortho intramolecular Hbond substituents is 1. The van der Waals surface area contributed by atoms with Gasteiger partial charge in [-0.05, 0) is 31.0 Å². The number of hydrogen-bond acceptors (Lipinski definition) is 3. The molecule has 0 bridgehead atoms. The van der Waals surface area contributed by atoms with Crippen molar-refractivity contribution in [3.8, 4) is 5.75 Å². The molecule has 0 aromatic heterocycles. The normalized spacial score (nSPS) is 18.3. The van der Waals surface area contributed by atoms with E-state index in [0.717, 1.165) is 31.0 Å². The zero-order valence-electron chi connectivity index (χ0n) is 7.98.